The molecule has 0 aromatic rings. The van der Waals surface area contributed by atoms with E-state index >= 15 is 0 Å². The van der Waals surface area contributed by atoms with Crippen LogP contribution in [0.3, 0.4) is 0 Å². The zero-order valence-corrected chi connectivity index (χ0v) is 28.2. The van der Waals surface area contributed by atoms with Gasteiger partial charge in [-0.1, -0.05) is 63.3 Å². The van der Waals surface area contributed by atoms with Crippen molar-refractivity contribution in [3.05, 3.63) is 24.3 Å². The fraction of sp³-hybridized carbons (Fsp3) is 0.853. The average molecular weight is 693 g/mol. The SMILES string of the molecule is CCCCC/C=C\C/C=C\CCCCCCCC(=O)OC(CO)COC1(O)OC(COC2CC(CO)C(O)C(O)C2O)C(O)C(O)C1O. The van der Waals surface area contributed by atoms with Gasteiger partial charge in [-0.15, -0.1) is 0 Å². The van der Waals surface area contributed by atoms with E-state index in [1.54, 1.807) is 0 Å². The lowest BCUT2D eigenvalue weighted by Crippen LogP contribution is -2.67. The molecule has 0 aromatic heterocycles. The van der Waals surface area contributed by atoms with E-state index in [-0.39, 0.29) is 12.8 Å². The van der Waals surface area contributed by atoms with Gasteiger partial charge in [-0.05, 0) is 44.9 Å². The van der Waals surface area contributed by atoms with Crippen LogP contribution in [-0.2, 0) is 23.7 Å². The Labute approximate surface area is 283 Å². The zero-order chi connectivity index (χ0) is 35.5. The topological polar surface area (TPSA) is 236 Å². The van der Waals surface area contributed by atoms with E-state index in [9.17, 15) is 50.8 Å². The first-order chi connectivity index (χ1) is 23.0. The van der Waals surface area contributed by atoms with Gasteiger partial charge in [0.25, 0.3) is 0 Å². The first-order valence-electron chi connectivity index (χ1n) is 17.4. The lowest BCUT2D eigenvalue weighted by atomic mass is 9.81. The molecule has 1 saturated carbocycles. The highest BCUT2D eigenvalue weighted by molar-refractivity contribution is 5.69. The normalized spacial score (nSPS) is 33.4. The molecule has 1 aliphatic heterocycles. The Kier molecular flexibility index (Phi) is 20.5. The summed E-state index contributed by atoms with van der Waals surface area (Å²) in [5.41, 5.74) is 0. The molecule has 1 heterocycles. The first-order valence-corrected chi connectivity index (χ1v) is 17.4. The summed E-state index contributed by atoms with van der Waals surface area (Å²) in [7, 11) is 0. The molecule has 14 heteroatoms. The fourth-order valence-corrected chi connectivity index (χ4v) is 5.74. The van der Waals surface area contributed by atoms with E-state index in [0.717, 1.165) is 44.9 Å². The van der Waals surface area contributed by atoms with E-state index < -0.39 is 99.2 Å². The molecule has 0 spiro atoms. The first kappa shape index (κ1) is 42.6. The number of carbonyl (C=O) groups excluding carboxylic acids is 1. The second-order valence-corrected chi connectivity index (χ2v) is 12.8. The van der Waals surface area contributed by atoms with Gasteiger partial charge in [-0.3, -0.25) is 4.79 Å². The van der Waals surface area contributed by atoms with Crippen molar-refractivity contribution in [1.82, 2.24) is 0 Å². The van der Waals surface area contributed by atoms with E-state index in [0.29, 0.717) is 6.42 Å². The minimum atomic E-state index is -2.90. The molecule has 11 unspecified atom stereocenters. The van der Waals surface area contributed by atoms with E-state index in [1.165, 1.54) is 19.3 Å². The summed E-state index contributed by atoms with van der Waals surface area (Å²) in [5, 5.41) is 91.5. The van der Waals surface area contributed by atoms with E-state index in [4.69, 9.17) is 18.9 Å². The number of rotatable bonds is 23. The van der Waals surface area contributed by atoms with Gasteiger partial charge >= 0.3 is 11.9 Å². The molecule has 9 N–H and O–H groups in total. The number of unbranched alkanes of at least 4 members (excludes halogenated alkanes) is 8. The van der Waals surface area contributed by atoms with E-state index in [2.05, 4.69) is 31.2 Å². The number of hydrogen-bond acceptors (Lipinski definition) is 14. The monoisotopic (exact) mass is 692 g/mol. The Morgan fingerprint density at radius 2 is 1.48 bits per heavy atom. The maximum Gasteiger partial charge on any atom is 0.311 e. The average Bonchev–Trinajstić information content (AvgIpc) is 3.08. The molecule has 11 atom stereocenters. The second kappa shape index (κ2) is 23.0. The Bertz CT molecular complexity index is 932. The molecule has 0 radical (unpaired) electrons. The van der Waals surface area contributed by atoms with Crippen molar-refractivity contribution < 1.29 is 69.7 Å². The molecule has 0 amide bonds. The molecule has 1 aliphatic carbocycles. The Balaban J connectivity index is 1.70. The summed E-state index contributed by atoms with van der Waals surface area (Å²) in [5.74, 6) is -4.28. The maximum atomic E-state index is 12.3. The van der Waals surface area contributed by atoms with Crippen molar-refractivity contribution in [1.29, 1.82) is 0 Å². The zero-order valence-electron chi connectivity index (χ0n) is 28.2. The van der Waals surface area contributed by atoms with Crippen LogP contribution in [0.2, 0.25) is 0 Å². The van der Waals surface area contributed by atoms with Gasteiger partial charge in [0.05, 0.1) is 32.0 Å². The fourth-order valence-electron chi connectivity index (χ4n) is 5.74. The summed E-state index contributed by atoms with van der Waals surface area (Å²) in [4.78, 5) is 12.3. The molecule has 48 heavy (non-hydrogen) atoms. The van der Waals surface area contributed by atoms with Crippen molar-refractivity contribution in [2.75, 3.05) is 26.4 Å². The van der Waals surface area contributed by atoms with Gasteiger partial charge in [0.2, 0.25) is 0 Å². The van der Waals surface area contributed by atoms with Gasteiger partial charge in [0.1, 0.15) is 36.6 Å². The minimum absolute atomic E-state index is 0.0522. The van der Waals surface area contributed by atoms with Gasteiger partial charge in [-0.25, -0.2) is 0 Å². The molecule has 2 fully saturated rings. The van der Waals surface area contributed by atoms with Crippen molar-refractivity contribution in [3.8, 4) is 0 Å². The third-order valence-electron chi connectivity index (χ3n) is 8.87. The molecule has 2 rings (SSSR count). The lowest BCUT2D eigenvalue weighted by Gasteiger charge is -2.46. The van der Waals surface area contributed by atoms with Gasteiger partial charge < -0.3 is 64.9 Å². The largest absolute Gasteiger partial charge is 0.457 e. The highest BCUT2D eigenvalue weighted by atomic mass is 16.8. The Morgan fingerprint density at radius 3 is 2.12 bits per heavy atom. The van der Waals surface area contributed by atoms with Crippen LogP contribution in [0.25, 0.3) is 0 Å². The minimum Gasteiger partial charge on any atom is -0.457 e. The lowest BCUT2D eigenvalue weighted by molar-refractivity contribution is -0.452. The van der Waals surface area contributed by atoms with Crippen molar-refractivity contribution >= 4 is 5.97 Å². The van der Waals surface area contributed by atoms with Crippen molar-refractivity contribution in [2.24, 2.45) is 5.92 Å². The quantitative estimate of drug-likeness (QED) is 0.0304. The van der Waals surface area contributed by atoms with Crippen LogP contribution in [0.1, 0.15) is 90.4 Å². The number of hydrogen-bond donors (Lipinski definition) is 9. The number of aliphatic hydroxyl groups is 9. The van der Waals surface area contributed by atoms with Crippen LogP contribution in [0.4, 0.5) is 0 Å². The smallest absolute Gasteiger partial charge is 0.311 e. The second-order valence-electron chi connectivity index (χ2n) is 12.8. The summed E-state index contributed by atoms with van der Waals surface area (Å²) in [6.07, 6.45) is 6.00. The highest BCUT2D eigenvalue weighted by Gasteiger charge is 2.55. The molecule has 1 saturated heterocycles. The van der Waals surface area contributed by atoms with Crippen LogP contribution in [0.5, 0.6) is 0 Å². The van der Waals surface area contributed by atoms with Gasteiger partial charge in [0, 0.05) is 18.9 Å². The summed E-state index contributed by atoms with van der Waals surface area (Å²) < 4.78 is 21.4. The van der Waals surface area contributed by atoms with Crippen LogP contribution in [-0.4, -0.2) is 139 Å². The third kappa shape index (κ3) is 14.0. The Hall–Kier alpha value is -1.53. The van der Waals surface area contributed by atoms with Gasteiger partial charge in [-0.2, -0.15) is 0 Å². The van der Waals surface area contributed by atoms with Crippen molar-refractivity contribution in [2.45, 2.75) is 151 Å². The Morgan fingerprint density at radius 1 is 0.833 bits per heavy atom. The molecule has 2 aliphatic rings. The molecule has 280 valence electrons. The summed E-state index contributed by atoms with van der Waals surface area (Å²) in [6, 6.07) is 0. The van der Waals surface area contributed by atoms with Gasteiger partial charge in [0.15, 0.2) is 6.10 Å². The third-order valence-corrected chi connectivity index (χ3v) is 8.87. The number of carbonyl (C=O) groups is 1. The molecular weight excluding hydrogens is 632 g/mol. The highest BCUT2D eigenvalue weighted by Crippen LogP contribution is 2.32. The maximum absolute atomic E-state index is 12.3. The number of aliphatic hydroxyl groups excluding tert-OH is 8. The number of allylic oxidation sites excluding steroid dienone is 4. The number of esters is 1. The van der Waals surface area contributed by atoms with Crippen LogP contribution in [0.15, 0.2) is 24.3 Å². The molecule has 0 aromatic carbocycles. The van der Waals surface area contributed by atoms with Crippen molar-refractivity contribution in [3.63, 3.8) is 0 Å². The molecule has 14 nitrogen and oxygen atoms in total. The van der Waals surface area contributed by atoms with Crippen LogP contribution >= 0.6 is 0 Å². The number of ether oxygens (including phenoxy) is 4. The molecule has 0 bridgehead atoms. The summed E-state index contributed by atoms with van der Waals surface area (Å²) >= 11 is 0. The van der Waals surface area contributed by atoms with Crippen LogP contribution < -0.4 is 0 Å². The predicted octanol–water partition coefficient (Wildman–Crippen LogP) is 0.328. The predicted molar refractivity (Wildman–Crippen MR) is 173 cm³/mol. The van der Waals surface area contributed by atoms with Crippen LogP contribution in [0, 0.1) is 5.92 Å². The van der Waals surface area contributed by atoms with E-state index in [1.807, 2.05) is 0 Å². The molecular formula is C34H60O14. The standard InChI is InChI=1S/C34H60O14/c1-2-3-4-5-6-7-8-9-10-11-12-13-14-15-16-17-27(37)47-24(20-36)21-46-34(44)33(43)32(42)30(40)26(48-34)22-45-25-18-23(19-35)28(38)31(41)29(25)39/h6-7,9-10,23-26,28-33,35-36,38-44H,2-5,8,11-22H2,1H3/b7-6-,10-9-. The summed E-state index contributed by atoms with van der Waals surface area (Å²) in [6.45, 7) is -0.148.